The molecular weight excluding hydrogens is 344 g/mol. The van der Waals surface area contributed by atoms with Gasteiger partial charge in [-0.1, -0.05) is 0 Å². The van der Waals surface area contributed by atoms with Crippen molar-refractivity contribution < 1.29 is 21.9 Å². The molecule has 0 aromatic heterocycles. The molecule has 1 atom stereocenters. The number of sulfonamides is 1. The largest absolute Gasteiger partial charge is 0.379 e. The molecule has 1 heterocycles. The zero-order valence-corrected chi connectivity index (χ0v) is 12.4. The molecule has 1 aromatic rings. The molecule has 4 nitrogen and oxygen atoms in total. The van der Waals surface area contributed by atoms with Crippen LogP contribution in [0.2, 0.25) is 0 Å². The van der Waals surface area contributed by atoms with Crippen LogP contribution in [-0.4, -0.2) is 27.2 Å². The molecule has 1 aliphatic heterocycles. The maximum absolute atomic E-state index is 13.7. The Morgan fingerprint density at radius 3 is 2.63 bits per heavy atom. The zero-order valence-electron chi connectivity index (χ0n) is 10.0. The number of halogens is 3. The van der Waals surface area contributed by atoms with E-state index in [0.29, 0.717) is 19.1 Å². The van der Waals surface area contributed by atoms with Crippen molar-refractivity contribution in [3.63, 3.8) is 0 Å². The van der Waals surface area contributed by atoms with Crippen LogP contribution in [0.3, 0.4) is 0 Å². The van der Waals surface area contributed by atoms with E-state index in [1.165, 1.54) is 0 Å². The van der Waals surface area contributed by atoms with Crippen molar-refractivity contribution in [1.82, 2.24) is 4.72 Å². The van der Waals surface area contributed by atoms with Gasteiger partial charge in [-0.2, -0.15) is 0 Å². The van der Waals surface area contributed by atoms with Crippen molar-refractivity contribution in [1.29, 1.82) is 0 Å². The van der Waals surface area contributed by atoms with Gasteiger partial charge in [0, 0.05) is 17.1 Å². The lowest BCUT2D eigenvalue weighted by atomic mass is 10.0. The fraction of sp³-hybridized carbons (Fsp3) is 0.455. The standard InChI is InChI=1S/C11H12BrF2NO3S/c1-11(2-3-18-6-11)15-19(16,17)10-8(12)4-7(13)5-9(10)14/h4-5,15H,2-3,6H2,1H3. The molecule has 1 saturated heterocycles. The Morgan fingerprint density at radius 1 is 1.42 bits per heavy atom. The van der Waals surface area contributed by atoms with Crippen LogP contribution in [0.5, 0.6) is 0 Å². The molecule has 0 aliphatic carbocycles. The van der Waals surface area contributed by atoms with Gasteiger partial charge in [-0.15, -0.1) is 0 Å². The third kappa shape index (κ3) is 3.13. The van der Waals surface area contributed by atoms with E-state index in [0.717, 1.165) is 6.07 Å². The second-order valence-corrected chi connectivity index (χ2v) is 7.14. The van der Waals surface area contributed by atoms with Crippen molar-refractivity contribution in [2.75, 3.05) is 13.2 Å². The molecule has 1 unspecified atom stereocenters. The minimum atomic E-state index is -4.10. The number of benzene rings is 1. The molecular formula is C11H12BrF2NO3S. The summed E-state index contributed by atoms with van der Waals surface area (Å²) in [6.07, 6.45) is 0.493. The maximum Gasteiger partial charge on any atom is 0.245 e. The number of hydrogen-bond acceptors (Lipinski definition) is 3. The van der Waals surface area contributed by atoms with E-state index in [1.54, 1.807) is 6.92 Å². The first-order chi connectivity index (χ1) is 8.73. The Bertz CT molecular complexity index is 577. The fourth-order valence-electron chi connectivity index (χ4n) is 1.91. The first-order valence-corrected chi connectivity index (χ1v) is 7.77. The summed E-state index contributed by atoms with van der Waals surface area (Å²) in [7, 11) is -4.10. The predicted octanol–water partition coefficient (Wildman–Crippen LogP) is 2.18. The first kappa shape index (κ1) is 14.8. The normalized spacial score (nSPS) is 23.8. The lowest BCUT2D eigenvalue weighted by molar-refractivity contribution is 0.178. The van der Waals surface area contributed by atoms with Crippen LogP contribution in [0.1, 0.15) is 13.3 Å². The molecule has 1 fully saturated rings. The van der Waals surface area contributed by atoms with E-state index in [2.05, 4.69) is 20.7 Å². The van der Waals surface area contributed by atoms with Gasteiger partial charge >= 0.3 is 0 Å². The Balaban J connectivity index is 2.40. The molecule has 1 aliphatic rings. The number of rotatable bonds is 3. The summed E-state index contributed by atoms with van der Waals surface area (Å²) >= 11 is 2.87. The summed E-state index contributed by atoms with van der Waals surface area (Å²) in [6.45, 7) is 2.33. The minimum Gasteiger partial charge on any atom is -0.379 e. The van der Waals surface area contributed by atoms with Crippen molar-refractivity contribution in [2.24, 2.45) is 0 Å². The molecule has 106 valence electrons. The quantitative estimate of drug-likeness (QED) is 0.903. The SMILES string of the molecule is CC1(NS(=O)(=O)c2c(F)cc(F)cc2Br)CCOC1. The average Bonchev–Trinajstić information content (AvgIpc) is 2.60. The molecule has 0 saturated carbocycles. The van der Waals surface area contributed by atoms with Gasteiger partial charge in [0.2, 0.25) is 10.0 Å². The van der Waals surface area contributed by atoms with Gasteiger partial charge in [-0.05, 0) is 35.3 Å². The fourth-order valence-corrected chi connectivity index (χ4v) is 4.50. The number of nitrogens with one attached hydrogen (secondary N) is 1. The monoisotopic (exact) mass is 355 g/mol. The second kappa shape index (κ2) is 5.08. The molecule has 1 aromatic carbocycles. The Labute approximate surface area is 118 Å². The molecule has 2 rings (SSSR count). The topological polar surface area (TPSA) is 55.4 Å². The van der Waals surface area contributed by atoms with Gasteiger partial charge in [0.1, 0.15) is 16.5 Å². The van der Waals surface area contributed by atoms with Crippen LogP contribution in [0.25, 0.3) is 0 Å². The van der Waals surface area contributed by atoms with E-state index in [4.69, 9.17) is 4.74 Å². The number of ether oxygens (including phenoxy) is 1. The molecule has 0 amide bonds. The van der Waals surface area contributed by atoms with Gasteiger partial charge in [-0.25, -0.2) is 21.9 Å². The van der Waals surface area contributed by atoms with E-state index < -0.39 is 32.1 Å². The van der Waals surface area contributed by atoms with Gasteiger partial charge in [0.05, 0.1) is 12.1 Å². The van der Waals surface area contributed by atoms with Crippen molar-refractivity contribution in [3.05, 3.63) is 28.2 Å². The first-order valence-electron chi connectivity index (χ1n) is 5.50. The third-order valence-electron chi connectivity index (χ3n) is 2.83. The van der Waals surface area contributed by atoms with E-state index in [1.807, 2.05) is 0 Å². The molecule has 0 bridgehead atoms. The predicted molar refractivity (Wildman–Crippen MR) is 68.2 cm³/mol. The molecule has 1 N–H and O–H groups in total. The van der Waals surface area contributed by atoms with Gasteiger partial charge in [-0.3, -0.25) is 0 Å². The van der Waals surface area contributed by atoms with Crippen LogP contribution in [0, 0.1) is 11.6 Å². The highest BCUT2D eigenvalue weighted by Gasteiger charge is 2.36. The van der Waals surface area contributed by atoms with Crippen LogP contribution in [-0.2, 0) is 14.8 Å². The van der Waals surface area contributed by atoms with Crippen LogP contribution < -0.4 is 4.72 Å². The van der Waals surface area contributed by atoms with E-state index in [9.17, 15) is 17.2 Å². The lowest BCUT2D eigenvalue weighted by Crippen LogP contribution is -2.46. The molecule has 8 heteroatoms. The minimum absolute atomic E-state index is 0.153. The molecule has 19 heavy (non-hydrogen) atoms. The maximum atomic E-state index is 13.7. The zero-order chi connectivity index (χ0) is 14.3. The summed E-state index contributed by atoms with van der Waals surface area (Å²) < 4.78 is 58.4. The van der Waals surface area contributed by atoms with Crippen molar-refractivity contribution in [2.45, 2.75) is 23.8 Å². The van der Waals surface area contributed by atoms with Gasteiger partial charge in [0.25, 0.3) is 0 Å². The highest BCUT2D eigenvalue weighted by molar-refractivity contribution is 9.10. The summed E-state index contributed by atoms with van der Waals surface area (Å²) in [5.41, 5.74) is -0.779. The average molecular weight is 356 g/mol. The van der Waals surface area contributed by atoms with E-state index >= 15 is 0 Å². The molecule has 0 radical (unpaired) electrons. The Kier molecular flexibility index (Phi) is 3.97. The Morgan fingerprint density at radius 2 is 2.11 bits per heavy atom. The smallest absolute Gasteiger partial charge is 0.245 e. The van der Waals surface area contributed by atoms with Crippen molar-refractivity contribution in [3.8, 4) is 0 Å². The van der Waals surface area contributed by atoms with Crippen molar-refractivity contribution >= 4 is 26.0 Å². The highest BCUT2D eigenvalue weighted by Crippen LogP contribution is 2.28. The van der Waals surface area contributed by atoms with Crippen LogP contribution >= 0.6 is 15.9 Å². The summed E-state index contributed by atoms with van der Waals surface area (Å²) in [4.78, 5) is -0.595. The van der Waals surface area contributed by atoms with E-state index in [-0.39, 0.29) is 11.1 Å². The third-order valence-corrected chi connectivity index (χ3v) is 5.43. The lowest BCUT2D eigenvalue weighted by Gasteiger charge is -2.23. The number of hydrogen-bond donors (Lipinski definition) is 1. The summed E-state index contributed by atoms with van der Waals surface area (Å²) in [5, 5.41) is 0. The highest BCUT2D eigenvalue weighted by atomic mass is 79.9. The van der Waals surface area contributed by atoms with Crippen LogP contribution in [0.15, 0.2) is 21.5 Å². The molecule has 0 spiro atoms. The second-order valence-electron chi connectivity index (χ2n) is 4.67. The summed E-state index contributed by atoms with van der Waals surface area (Å²) in [5.74, 6) is -1.99. The Hall–Kier alpha value is -0.570. The summed E-state index contributed by atoms with van der Waals surface area (Å²) in [6, 6.07) is 1.44. The van der Waals surface area contributed by atoms with Gasteiger partial charge in [0.15, 0.2) is 0 Å². The van der Waals surface area contributed by atoms with Crippen LogP contribution in [0.4, 0.5) is 8.78 Å². The van der Waals surface area contributed by atoms with Gasteiger partial charge < -0.3 is 4.74 Å².